The summed E-state index contributed by atoms with van der Waals surface area (Å²) in [7, 11) is 1.59. The van der Waals surface area contributed by atoms with E-state index in [1.54, 1.807) is 25.3 Å². The smallest absolute Gasteiger partial charge is 0.324 e. The van der Waals surface area contributed by atoms with Crippen LogP contribution >= 0.6 is 0 Å². The Morgan fingerprint density at radius 3 is 2.83 bits per heavy atom. The van der Waals surface area contributed by atoms with E-state index in [-0.39, 0.29) is 18.5 Å². The zero-order chi connectivity index (χ0) is 20.2. The van der Waals surface area contributed by atoms with Gasteiger partial charge in [-0.1, -0.05) is 29.4 Å². The zero-order valence-electron chi connectivity index (χ0n) is 15.7. The number of carbonyl (C=O) groups is 1. The molecule has 1 aliphatic heterocycles. The van der Waals surface area contributed by atoms with Crippen LogP contribution in [0.4, 0.5) is 4.39 Å². The average Bonchev–Trinajstić information content (AvgIpc) is 3.43. The van der Waals surface area contributed by atoms with Crippen LogP contribution in [0.5, 0.6) is 5.75 Å². The van der Waals surface area contributed by atoms with E-state index in [2.05, 4.69) is 16.0 Å². The molecule has 4 rings (SSSR count). The summed E-state index contributed by atoms with van der Waals surface area (Å²) in [5.74, 6) is 0.582. The maximum absolute atomic E-state index is 13.1. The molecule has 2 N–H and O–H groups in total. The Kier molecular flexibility index (Phi) is 5.55. The number of halogens is 1. The molecule has 2 heterocycles. The highest BCUT2D eigenvalue weighted by atomic mass is 19.1. The number of nitrogens with one attached hydrogen (secondary N) is 2. The first kappa shape index (κ1) is 19.1. The van der Waals surface area contributed by atoms with Crippen LogP contribution in [0, 0.1) is 5.82 Å². The number of hydrazine groups is 1. The second-order valence-corrected chi connectivity index (χ2v) is 6.70. The molecule has 150 valence electrons. The van der Waals surface area contributed by atoms with E-state index in [1.165, 1.54) is 12.1 Å². The van der Waals surface area contributed by atoms with Gasteiger partial charge in [0, 0.05) is 17.7 Å². The van der Waals surface area contributed by atoms with Gasteiger partial charge < -0.3 is 14.0 Å². The third-order valence-electron chi connectivity index (χ3n) is 4.74. The zero-order valence-corrected chi connectivity index (χ0v) is 15.7. The quantitative estimate of drug-likeness (QED) is 0.618. The fourth-order valence-electron chi connectivity index (χ4n) is 3.16. The Morgan fingerprint density at radius 1 is 1.21 bits per heavy atom. The summed E-state index contributed by atoms with van der Waals surface area (Å²) >= 11 is 0. The minimum atomic E-state index is -0.505. The molecule has 0 radical (unpaired) electrons. The van der Waals surface area contributed by atoms with Crippen LogP contribution in [0.1, 0.15) is 23.7 Å². The number of hydrogen-bond donors (Lipinski definition) is 2. The summed E-state index contributed by atoms with van der Waals surface area (Å²) in [6, 6.07) is 14.7. The fourth-order valence-corrected chi connectivity index (χ4v) is 3.16. The molecule has 0 aliphatic carbocycles. The van der Waals surface area contributed by atoms with Crippen LogP contribution in [0.25, 0.3) is 11.3 Å². The molecule has 0 saturated carbocycles. The lowest BCUT2D eigenvalue weighted by Gasteiger charge is -2.09. The fraction of sp³-hybridized carbons (Fsp3) is 0.238. The third-order valence-corrected chi connectivity index (χ3v) is 4.74. The first-order valence-corrected chi connectivity index (χ1v) is 9.15. The molecule has 7 nitrogen and oxygen atoms in total. The number of aromatic nitrogens is 1. The first-order valence-electron chi connectivity index (χ1n) is 9.15. The van der Waals surface area contributed by atoms with Gasteiger partial charge in [-0.25, -0.2) is 15.2 Å². The first-order chi connectivity index (χ1) is 14.1. The summed E-state index contributed by atoms with van der Waals surface area (Å²) in [5.41, 5.74) is 8.19. The molecule has 0 amide bonds. The molecular weight excluding hydrogens is 377 g/mol. The van der Waals surface area contributed by atoms with Gasteiger partial charge in [0.15, 0.2) is 5.76 Å². The topological polar surface area (TPSA) is 85.6 Å². The van der Waals surface area contributed by atoms with Gasteiger partial charge >= 0.3 is 5.97 Å². The number of carbonyl (C=O) groups excluding carboxylic acids is 1. The molecule has 2 aromatic carbocycles. The van der Waals surface area contributed by atoms with E-state index in [1.807, 2.05) is 24.3 Å². The molecule has 2 unspecified atom stereocenters. The van der Waals surface area contributed by atoms with Crippen molar-refractivity contribution >= 4 is 5.97 Å². The largest absolute Gasteiger partial charge is 0.497 e. The van der Waals surface area contributed by atoms with E-state index >= 15 is 0 Å². The molecule has 0 spiro atoms. The molecule has 2 atom stereocenters. The Balaban J connectivity index is 1.32. The number of rotatable bonds is 6. The van der Waals surface area contributed by atoms with E-state index in [9.17, 15) is 9.18 Å². The van der Waals surface area contributed by atoms with Crippen LogP contribution in [0.15, 0.2) is 59.1 Å². The lowest BCUT2D eigenvalue weighted by Crippen LogP contribution is -2.37. The second kappa shape index (κ2) is 8.42. The highest BCUT2D eigenvalue weighted by Gasteiger charge is 2.31. The maximum atomic E-state index is 13.1. The van der Waals surface area contributed by atoms with Gasteiger partial charge in [-0.3, -0.25) is 4.79 Å². The molecule has 8 heteroatoms. The van der Waals surface area contributed by atoms with Crippen LogP contribution in [-0.2, 0) is 16.1 Å². The van der Waals surface area contributed by atoms with Gasteiger partial charge in [0.2, 0.25) is 0 Å². The highest BCUT2D eigenvalue weighted by molar-refractivity contribution is 5.76. The molecule has 1 saturated heterocycles. The van der Waals surface area contributed by atoms with Crippen molar-refractivity contribution in [3.05, 3.63) is 71.7 Å². The van der Waals surface area contributed by atoms with Crippen molar-refractivity contribution in [2.75, 3.05) is 7.11 Å². The molecule has 1 aromatic heterocycles. The van der Waals surface area contributed by atoms with Gasteiger partial charge in [0.25, 0.3) is 0 Å². The van der Waals surface area contributed by atoms with Gasteiger partial charge in [-0.05, 0) is 36.2 Å². The Bertz CT molecular complexity index is 990. The standard InChI is InChI=1S/C21H20FN3O4/c1-27-17-4-2-3-14(9-17)20-10-16(25-29-20)12-28-21(26)19-11-18(23-24-19)13-5-7-15(22)8-6-13/h2-10,18-19,23-24H,11-12H2,1H3. The van der Waals surface area contributed by atoms with Crippen molar-refractivity contribution in [1.29, 1.82) is 0 Å². The minimum absolute atomic E-state index is 0.00565. The van der Waals surface area contributed by atoms with Crippen molar-refractivity contribution in [3.63, 3.8) is 0 Å². The monoisotopic (exact) mass is 397 g/mol. The van der Waals surface area contributed by atoms with Crippen molar-refractivity contribution in [2.24, 2.45) is 0 Å². The number of benzene rings is 2. The van der Waals surface area contributed by atoms with E-state index < -0.39 is 12.0 Å². The van der Waals surface area contributed by atoms with Crippen molar-refractivity contribution in [2.45, 2.75) is 25.1 Å². The lowest BCUT2D eigenvalue weighted by molar-refractivity contribution is -0.147. The molecule has 0 bridgehead atoms. The van der Waals surface area contributed by atoms with Crippen molar-refractivity contribution in [3.8, 4) is 17.1 Å². The lowest BCUT2D eigenvalue weighted by atomic mass is 10.0. The third kappa shape index (κ3) is 4.44. The van der Waals surface area contributed by atoms with Crippen LogP contribution in [0.2, 0.25) is 0 Å². The number of esters is 1. The number of ether oxygens (including phenoxy) is 2. The number of hydrogen-bond acceptors (Lipinski definition) is 7. The summed E-state index contributed by atoms with van der Waals surface area (Å²) < 4.78 is 29.0. The Labute approximate surface area is 166 Å². The van der Waals surface area contributed by atoms with Crippen molar-refractivity contribution < 1.29 is 23.2 Å². The summed E-state index contributed by atoms with van der Waals surface area (Å²) in [5, 5.41) is 3.95. The Hall–Kier alpha value is -3.23. The van der Waals surface area contributed by atoms with Gasteiger partial charge in [0.05, 0.1) is 7.11 Å². The highest BCUT2D eigenvalue weighted by Crippen LogP contribution is 2.25. The van der Waals surface area contributed by atoms with Crippen LogP contribution in [-0.4, -0.2) is 24.3 Å². The van der Waals surface area contributed by atoms with E-state index in [0.717, 1.165) is 11.1 Å². The molecule has 1 aliphatic rings. The summed E-state index contributed by atoms with van der Waals surface area (Å²) in [6.07, 6.45) is 0.498. The number of nitrogens with zero attached hydrogens (tertiary/aromatic N) is 1. The van der Waals surface area contributed by atoms with Gasteiger partial charge in [-0.2, -0.15) is 0 Å². The molecule has 1 fully saturated rings. The predicted molar refractivity (Wildman–Crippen MR) is 102 cm³/mol. The molecule has 29 heavy (non-hydrogen) atoms. The van der Waals surface area contributed by atoms with Crippen LogP contribution in [0.3, 0.4) is 0 Å². The van der Waals surface area contributed by atoms with Gasteiger partial charge in [0.1, 0.15) is 29.9 Å². The molecule has 3 aromatic rings. The van der Waals surface area contributed by atoms with Crippen LogP contribution < -0.4 is 15.6 Å². The van der Waals surface area contributed by atoms with E-state index in [4.69, 9.17) is 14.0 Å². The second-order valence-electron chi connectivity index (χ2n) is 6.70. The van der Waals surface area contributed by atoms with E-state index in [0.29, 0.717) is 23.6 Å². The normalized spacial score (nSPS) is 18.6. The average molecular weight is 397 g/mol. The number of methoxy groups -OCH3 is 1. The Morgan fingerprint density at radius 2 is 2.03 bits per heavy atom. The maximum Gasteiger partial charge on any atom is 0.324 e. The van der Waals surface area contributed by atoms with Gasteiger partial charge in [-0.15, -0.1) is 0 Å². The SMILES string of the molecule is COc1cccc(-c2cc(COC(=O)C3CC(c4ccc(F)cc4)NN3)no2)c1. The van der Waals surface area contributed by atoms with Crippen molar-refractivity contribution in [1.82, 2.24) is 16.0 Å². The molecular formula is C21H20FN3O4. The minimum Gasteiger partial charge on any atom is -0.497 e. The predicted octanol–water partition coefficient (Wildman–Crippen LogP) is 3.14. The summed E-state index contributed by atoms with van der Waals surface area (Å²) in [6.45, 7) is 0.00565. The summed E-state index contributed by atoms with van der Waals surface area (Å²) in [4.78, 5) is 12.4.